The Morgan fingerprint density at radius 3 is 1.10 bits per heavy atom. The third kappa shape index (κ3) is 45.8. The van der Waals surface area contributed by atoms with E-state index in [0.717, 1.165) is 128 Å². The van der Waals surface area contributed by atoms with E-state index in [2.05, 4.69) is 93.7 Å². The molecule has 0 fully saturated rings. The van der Waals surface area contributed by atoms with Crippen LogP contribution in [0.2, 0.25) is 0 Å². The monoisotopic (exact) mass is 823 g/mol. The van der Waals surface area contributed by atoms with E-state index < -0.39 is 6.10 Å². The van der Waals surface area contributed by atoms with Crippen LogP contribution in [0.5, 0.6) is 0 Å². The molecular formula is C53H90O6. The molecule has 338 valence electrons. The van der Waals surface area contributed by atoms with Crippen molar-refractivity contribution in [2.75, 3.05) is 13.2 Å². The van der Waals surface area contributed by atoms with Gasteiger partial charge in [-0.2, -0.15) is 0 Å². The van der Waals surface area contributed by atoms with E-state index in [-0.39, 0.29) is 31.1 Å². The molecule has 6 nitrogen and oxygen atoms in total. The molecule has 59 heavy (non-hydrogen) atoms. The first kappa shape index (κ1) is 55.9. The van der Waals surface area contributed by atoms with Crippen LogP contribution in [0, 0.1) is 0 Å². The Labute approximate surface area is 363 Å². The SMILES string of the molecule is CC/C=C\C/C=C\C/C=C\CCCCCCCC(=O)OC[C@@H](COC(=O)CCCCCCC/C=C\CCCCC)OC(=O)CCCCCCC/C=C\C/C=C\CCCC. The lowest BCUT2D eigenvalue weighted by Crippen LogP contribution is -2.30. The molecule has 6 heteroatoms. The number of esters is 3. The van der Waals surface area contributed by atoms with Crippen LogP contribution >= 0.6 is 0 Å². The Hall–Kier alpha value is -3.15. The fourth-order valence-electron chi connectivity index (χ4n) is 6.47. The maximum absolute atomic E-state index is 12.8. The van der Waals surface area contributed by atoms with Gasteiger partial charge in [0, 0.05) is 19.3 Å². The van der Waals surface area contributed by atoms with E-state index in [1.54, 1.807) is 0 Å². The van der Waals surface area contributed by atoms with Gasteiger partial charge in [-0.25, -0.2) is 0 Å². The molecule has 0 unspecified atom stereocenters. The number of unbranched alkanes of at least 4 members (excludes halogenated alkanes) is 20. The highest BCUT2D eigenvalue weighted by molar-refractivity contribution is 5.71. The number of ether oxygens (including phenoxy) is 3. The van der Waals surface area contributed by atoms with E-state index in [9.17, 15) is 14.4 Å². The molecule has 0 saturated heterocycles. The molecule has 0 heterocycles. The Morgan fingerprint density at radius 2 is 0.678 bits per heavy atom. The van der Waals surface area contributed by atoms with Crippen LogP contribution in [0.15, 0.2) is 72.9 Å². The van der Waals surface area contributed by atoms with Crippen molar-refractivity contribution >= 4 is 17.9 Å². The minimum Gasteiger partial charge on any atom is -0.462 e. The molecule has 0 radical (unpaired) electrons. The maximum Gasteiger partial charge on any atom is 0.306 e. The first-order valence-electron chi connectivity index (χ1n) is 24.4. The maximum atomic E-state index is 12.8. The number of hydrogen-bond donors (Lipinski definition) is 0. The predicted molar refractivity (Wildman–Crippen MR) is 251 cm³/mol. The fourth-order valence-corrected chi connectivity index (χ4v) is 6.47. The number of allylic oxidation sites excluding steroid dienone is 12. The third-order valence-corrected chi connectivity index (χ3v) is 10.2. The van der Waals surface area contributed by atoms with Crippen LogP contribution in [0.25, 0.3) is 0 Å². The van der Waals surface area contributed by atoms with Gasteiger partial charge in [0.05, 0.1) is 0 Å². The van der Waals surface area contributed by atoms with Gasteiger partial charge in [0.15, 0.2) is 6.10 Å². The first-order chi connectivity index (χ1) is 29.0. The van der Waals surface area contributed by atoms with Crippen LogP contribution in [0.4, 0.5) is 0 Å². The van der Waals surface area contributed by atoms with Gasteiger partial charge in [-0.1, -0.05) is 177 Å². The smallest absolute Gasteiger partial charge is 0.306 e. The minimum atomic E-state index is -0.792. The lowest BCUT2D eigenvalue weighted by atomic mass is 10.1. The van der Waals surface area contributed by atoms with E-state index in [1.165, 1.54) is 57.8 Å². The standard InChI is InChI=1S/C53H90O6/c1-4-7-10-13-16-19-22-25-27-29-31-34-37-40-43-46-52(55)58-49-50(48-57-51(54)45-42-39-36-33-30-24-21-18-15-12-9-6-3)59-53(56)47-44-41-38-35-32-28-26-23-20-17-14-11-8-5-2/h7,10,14,16-19,21,23,25-27,50H,4-6,8-9,11-13,15,20,22,24,28-49H2,1-3H3/b10-7-,17-14-,19-16-,21-18-,26-23-,27-25-/t50-/m1/s1. The van der Waals surface area contributed by atoms with Crippen LogP contribution in [0.1, 0.15) is 226 Å². The largest absolute Gasteiger partial charge is 0.462 e. The highest BCUT2D eigenvalue weighted by Crippen LogP contribution is 2.13. The van der Waals surface area contributed by atoms with Crippen LogP contribution in [0.3, 0.4) is 0 Å². The average Bonchev–Trinajstić information content (AvgIpc) is 3.23. The van der Waals surface area contributed by atoms with E-state index in [4.69, 9.17) is 14.2 Å². The summed E-state index contributed by atoms with van der Waals surface area (Å²) in [4.78, 5) is 37.9. The zero-order valence-corrected chi connectivity index (χ0v) is 38.5. The molecule has 0 N–H and O–H groups in total. The molecule has 0 rings (SSSR count). The van der Waals surface area contributed by atoms with Gasteiger partial charge in [0.25, 0.3) is 0 Å². The lowest BCUT2D eigenvalue weighted by molar-refractivity contribution is -0.167. The van der Waals surface area contributed by atoms with E-state index in [1.807, 2.05) is 0 Å². The zero-order chi connectivity index (χ0) is 43.0. The summed E-state index contributed by atoms with van der Waals surface area (Å²) in [6.07, 6.45) is 58.8. The predicted octanol–water partition coefficient (Wildman–Crippen LogP) is 15.9. The molecule has 0 aromatic carbocycles. The molecule has 0 aliphatic carbocycles. The second-order valence-corrected chi connectivity index (χ2v) is 16.0. The Bertz CT molecular complexity index is 1130. The van der Waals surface area contributed by atoms with Crippen molar-refractivity contribution in [2.24, 2.45) is 0 Å². The molecule has 0 bridgehead atoms. The van der Waals surface area contributed by atoms with Gasteiger partial charge < -0.3 is 14.2 Å². The number of rotatable bonds is 43. The first-order valence-corrected chi connectivity index (χ1v) is 24.4. The summed E-state index contributed by atoms with van der Waals surface area (Å²) in [6, 6.07) is 0. The highest BCUT2D eigenvalue weighted by Gasteiger charge is 2.19. The lowest BCUT2D eigenvalue weighted by Gasteiger charge is -2.18. The molecule has 0 aliphatic rings. The Balaban J connectivity index is 4.45. The average molecular weight is 823 g/mol. The van der Waals surface area contributed by atoms with Crippen LogP contribution in [-0.4, -0.2) is 37.2 Å². The number of hydrogen-bond acceptors (Lipinski definition) is 6. The molecule has 0 aromatic heterocycles. The molecule has 1 atom stereocenters. The molecule has 0 aromatic rings. The molecule has 0 spiro atoms. The molecule has 0 aliphatic heterocycles. The van der Waals surface area contributed by atoms with Gasteiger partial charge in [-0.15, -0.1) is 0 Å². The third-order valence-electron chi connectivity index (χ3n) is 10.2. The van der Waals surface area contributed by atoms with Crippen molar-refractivity contribution < 1.29 is 28.6 Å². The van der Waals surface area contributed by atoms with Crippen LogP contribution in [-0.2, 0) is 28.6 Å². The van der Waals surface area contributed by atoms with E-state index in [0.29, 0.717) is 19.3 Å². The number of carbonyl (C=O) groups is 3. The van der Waals surface area contributed by atoms with Crippen molar-refractivity contribution in [3.8, 4) is 0 Å². The van der Waals surface area contributed by atoms with Crippen molar-refractivity contribution in [1.82, 2.24) is 0 Å². The summed E-state index contributed by atoms with van der Waals surface area (Å²) in [5.41, 5.74) is 0. The minimum absolute atomic E-state index is 0.0917. The van der Waals surface area contributed by atoms with Gasteiger partial charge in [0.1, 0.15) is 13.2 Å². The van der Waals surface area contributed by atoms with Crippen molar-refractivity contribution in [3.05, 3.63) is 72.9 Å². The van der Waals surface area contributed by atoms with Gasteiger partial charge >= 0.3 is 17.9 Å². The van der Waals surface area contributed by atoms with E-state index >= 15 is 0 Å². The van der Waals surface area contributed by atoms with Crippen molar-refractivity contribution in [2.45, 2.75) is 232 Å². The summed E-state index contributed by atoms with van der Waals surface area (Å²) in [6.45, 7) is 6.42. The summed E-state index contributed by atoms with van der Waals surface area (Å²) >= 11 is 0. The molecule has 0 saturated carbocycles. The van der Waals surface area contributed by atoms with Crippen molar-refractivity contribution in [1.29, 1.82) is 0 Å². The fraction of sp³-hybridized carbons (Fsp3) is 0.717. The zero-order valence-electron chi connectivity index (χ0n) is 38.5. The summed E-state index contributed by atoms with van der Waals surface area (Å²) in [7, 11) is 0. The second kappa shape index (κ2) is 47.5. The molecular weight excluding hydrogens is 733 g/mol. The van der Waals surface area contributed by atoms with Gasteiger partial charge in [-0.05, 0) is 103 Å². The topological polar surface area (TPSA) is 78.9 Å². The Kier molecular flexibility index (Phi) is 45.0. The summed E-state index contributed by atoms with van der Waals surface area (Å²) in [5, 5.41) is 0. The quantitative estimate of drug-likeness (QED) is 0.0264. The number of carbonyl (C=O) groups excluding carboxylic acids is 3. The van der Waals surface area contributed by atoms with Crippen molar-refractivity contribution in [3.63, 3.8) is 0 Å². The molecule has 0 amide bonds. The normalized spacial score (nSPS) is 12.7. The second-order valence-electron chi connectivity index (χ2n) is 16.0. The summed E-state index contributed by atoms with van der Waals surface area (Å²) < 4.78 is 16.7. The highest BCUT2D eigenvalue weighted by atomic mass is 16.6. The summed E-state index contributed by atoms with van der Waals surface area (Å²) in [5.74, 6) is -0.934. The van der Waals surface area contributed by atoms with Gasteiger partial charge in [0.2, 0.25) is 0 Å². The Morgan fingerprint density at radius 1 is 0.356 bits per heavy atom. The van der Waals surface area contributed by atoms with Gasteiger partial charge in [-0.3, -0.25) is 14.4 Å². The van der Waals surface area contributed by atoms with Crippen LogP contribution < -0.4 is 0 Å².